The lowest BCUT2D eigenvalue weighted by Gasteiger charge is -2.05. The zero-order chi connectivity index (χ0) is 13.5. The molecule has 0 radical (unpaired) electrons. The van der Waals surface area contributed by atoms with Crippen LogP contribution in [0.5, 0.6) is 0 Å². The van der Waals surface area contributed by atoms with Gasteiger partial charge in [0.2, 0.25) is 0 Å². The molecule has 19 heavy (non-hydrogen) atoms. The van der Waals surface area contributed by atoms with Crippen molar-refractivity contribution in [3.05, 3.63) is 35.8 Å². The summed E-state index contributed by atoms with van der Waals surface area (Å²) in [5.74, 6) is 2.11. The van der Waals surface area contributed by atoms with Crippen molar-refractivity contribution in [3.63, 3.8) is 0 Å². The highest BCUT2D eigenvalue weighted by molar-refractivity contribution is 7.99. The molecule has 4 nitrogen and oxygen atoms in total. The summed E-state index contributed by atoms with van der Waals surface area (Å²) in [6.45, 7) is 4.20. The number of aromatic nitrogens is 2. The van der Waals surface area contributed by atoms with Gasteiger partial charge < -0.3 is 14.8 Å². The highest BCUT2D eigenvalue weighted by Gasteiger charge is 2.02. The van der Waals surface area contributed by atoms with Crippen LogP contribution in [0.15, 0.2) is 24.5 Å². The van der Waals surface area contributed by atoms with E-state index in [2.05, 4.69) is 33.9 Å². The summed E-state index contributed by atoms with van der Waals surface area (Å²) in [6.07, 6.45) is 4.94. The third kappa shape index (κ3) is 4.23. The molecular weight excluding hydrogens is 258 g/mol. The van der Waals surface area contributed by atoms with E-state index in [1.54, 1.807) is 0 Å². The topological polar surface area (TPSA) is 49.6 Å². The maximum absolute atomic E-state index is 8.68. The first-order valence-corrected chi connectivity index (χ1v) is 7.78. The van der Waals surface area contributed by atoms with Crippen LogP contribution in [0.3, 0.4) is 0 Å². The predicted octanol–water partition coefficient (Wildman–Crippen LogP) is 1.85. The van der Waals surface area contributed by atoms with E-state index in [1.807, 2.05) is 24.0 Å². The van der Waals surface area contributed by atoms with E-state index in [1.165, 1.54) is 11.3 Å². The number of aliphatic hydroxyl groups is 1. The average molecular weight is 279 g/mol. The number of hydrogen-bond donors (Lipinski definition) is 2. The molecule has 0 unspecified atom stereocenters. The smallest absolute Gasteiger partial charge is 0.136 e. The molecule has 0 spiro atoms. The standard InChI is InChI=1S/C14H21N3OS/c1-12-3-4-14-16-10-13(17(14)11-12)9-15-5-8-19-7-2-6-18/h3-4,10-11,15,18H,2,5-9H2,1H3. The molecule has 2 rings (SSSR count). The Morgan fingerprint density at radius 2 is 2.26 bits per heavy atom. The molecule has 104 valence electrons. The van der Waals surface area contributed by atoms with Gasteiger partial charge in [0.25, 0.3) is 0 Å². The van der Waals surface area contributed by atoms with Crippen LogP contribution in [0.4, 0.5) is 0 Å². The minimum Gasteiger partial charge on any atom is -0.396 e. The van der Waals surface area contributed by atoms with Crippen molar-refractivity contribution in [1.29, 1.82) is 0 Å². The van der Waals surface area contributed by atoms with Crippen molar-refractivity contribution in [2.24, 2.45) is 0 Å². The van der Waals surface area contributed by atoms with Crippen molar-refractivity contribution >= 4 is 17.4 Å². The molecule has 0 fully saturated rings. The second-order valence-electron chi connectivity index (χ2n) is 4.55. The van der Waals surface area contributed by atoms with Gasteiger partial charge >= 0.3 is 0 Å². The van der Waals surface area contributed by atoms with Gasteiger partial charge in [-0.25, -0.2) is 4.98 Å². The lowest BCUT2D eigenvalue weighted by atomic mass is 10.3. The van der Waals surface area contributed by atoms with Crippen LogP contribution in [0.25, 0.3) is 5.65 Å². The van der Waals surface area contributed by atoms with Gasteiger partial charge in [0.15, 0.2) is 0 Å². The second kappa shape index (κ2) is 7.53. The fraction of sp³-hybridized carbons (Fsp3) is 0.500. The minimum atomic E-state index is 0.293. The fourth-order valence-corrected chi connectivity index (χ4v) is 2.72. The third-order valence-corrected chi connectivity index (χ3v) is 3.98. The van der Waals surface area contributed by atoms with E-state index in [0.29, 0.717) is 6.61 Å². The van der Waals surface area contributed by atoms with Gasteiger partial charge in [-0.2, -0.15) is 11.8 Å². The summed E-state index contributed by atoms with van der Waals surface area (Å²) in [4.78, 5) is 4.39. The number of nitrogens with one attached hydrogen (secondary N) is 1. The third-order valence-electron chi connectivity index (χ3n) is 2.91. The molecule has 0 bridgehead atoms. The van der Waals surface area contributed by atoms with Crippen molar-refractivity contribution < 1.29 is 5.11 Å². The molecule has 0 aliphatic rings. The summed E-state index contributed by atoms with van der Waals surface area (Å²) < 4.78 is 2.14. The molecule has 0 aliphatic heterocycles. The second-order valence-corrected chi connectivity index (χ2v) is 5.78. The van der Waals surface area contributed by atoms with Crippen molar-refractivity contribution in [2.75, 3.05) is 24.7 Å². The first kappa shape index (κ1) is 14.4. The molecule has 2 aromatic rings. The largest absolute Gasteiger partial charge is 0.396 e. The Bertz CT molecular complexity index is 512. The number of thioether (sulfide) groups is 1. The predicted molar refractivity (Wildman–Crippen MR) is 80.7 cm³/mol. The van der Waals surface area contributed by atoms with Crippen LogP contribution in [0.1, 0.15) is 17.7 Å². The molecule has 2 N–H and O–H groups in total. The van der Waals surface area contributed by atoms with Crippen LogP contribution in [0, 0.1) is 6.92 Å². The van der Waals surface area contributed by atoms with Crippen molar-refractivity contribution in [2.45, 2.75) is 19.9 Å². The van der Waals surface area contributed by atoms with Crippen LogP contribution in [-0.2, 0) is 6.54 Å². The summed E-state index contributed by atoms with van der Waals surface area (Å²) in [7, 11) is 0. The van der Waals surface area contributed by atoms with E-state index in [0.717, 1.165) is 36.7 Å². The van der Waals surface area contributed by atoms with Gasteiger partial charge in [0, 0.05) is 31.6 Å². The average Bonchev–Trinajstić information content (AvgIpc) is 2.80. The number of pyridine rings is 1. The van der Waals surface area contributed by atoms with Crippen molar-refractivity contribution in [1.82, 2.24) is 14.7 Å². The van der Waals surface area contributed by atoms with Crippen LogP contribution >= 0.6 is 11.8 Å². The molecule has 0 atom stereocenters. The van der Waals surface area contributed by atoms with Crippen LogP contribution < -0.4 is 5.32 Å². The highest BCUT2D eigenvalue weighted by Crippen LogP contribution is 2.08. The van der Waals surface area contributed by atoms with E-state index in [-0.39, 0.29) is 0 Å². The number of imidazole rings is 1. The zero-order valence-corrected chi connectivity index (χ0v) is 12.1. The Morgan fingerprint density at radius 3 is 3.11 bits per heavy atom. The zero-order valence-electron chi connectivity index (χ0n) is 11.3. The Morgan fingerprint density at radius 1 is 1.37 bits per heavy atom. The Labute approximate surface area is 118 Å². The molecule has 0 aromatic carbocycles. The first-order valence-electron chi connectivity index (χ1n) is 6.63. The number of rotatable bonds is 8. The number of aliphatic hydroxyl groups excluding tert-OH is 1. The monoisotopic (exact) mass is 279 g/mol. The quantitative estimate of drug-likeness (QED) is 0.724. The van der Waals surface area contributed by atoms with E-state index >= 15 is 0 Å². The lowest BCUT2D eigenvalue weighted by Crippen LogP contribution is -2.17. The van der Waals surface area contributed by atoms with Crippen LogP contribution in [0.2, 0.25) is 0 Å². The molecule has 0 saturated carbocycles. The fourth-order valence-electron chi connectivity index (χ4n) is 1.90. The summed E-state index contributed by atoms with van der Waals surface area (Å²) in [5, 5.41) is 12.1. The van der Waals surface area contributed by atoms with Crippen LogP contribution in [-0.4, -0.2) is 39.1 Å². The summed E-state index contributed by atoms with van der Waals surface area (Å²) in [5.41, 5.74) is 3.44. The molecule has 0 saturated heterocycles. The SMILES string of the molecule is Cc1ccc2ncc(CNCCSCCCO)n2c1. The van der Waals surface area contributed by atoms with E-state index in [4.69, 9.17) is 5.11 Å². The number of hydrogen-bond acceptors (Lipinski definition) is 4. The number of aryl methyl sites for hydroxylation is 1. The lowest BCUT2D eigenvalue weighted by molar-refractivity contribution is 0.296. The van der Waals surface area contributed by atoms with Gasteiger partial charge in [-0.05, 0) is 30.7 Å². The van der Waals surface area contributed by atoms with Gasteiger partial charge in [0.1, 0.15) is 5.65 Å². The van der Waals surface area contributed by atoms with Crippen molar-refractivity contribution in [3.8, 4) is 0 Å². The number of fused-ring (bicyclic) bond motifs is 1. The van der Waals surface area contributed by atoms with E-state index < -0.39 is 0 Å². The number of nitrogens with zero attached hydrogens (tertiary/aromatic N) is 2. The normalized spacial score (nSPS) is 11.3. The molecule has 5 heteroatoms. The maximum Gasteiger partial charge on any atom is 0.136 e. The molecule has 2 aromatic heterocycles. The highest BCUT2D eigenvalue weighted by atomic mass is 32.2. The van der Waals surface area contributed by atoms with Gasteiger partial charge in [-0.15, -0.1) is 0 Å². The van der Waals surface area contributed by atoms with Gasteiger partial charge in [-0.1, -0.05) is 6.07 Å². The summed E-state index contributed by atoms with van der Waals surface area (Å²) >= 11 is 1.88. The van der Waals surface area contributed by atoms with Gasteiger partial charge in [-0.3, -0.25) is 0 Å². The Hall–Kier alpha value is -1.04. The molecule has 2 heterocycles. The van der Waals surface area contributed by atoms with E-state index in [9.17, 15) is 0 Å². The maximum atomic E-state index is 8.68. The molecular formula is C14H21N3OS. The molecule has 0 amide bonds. The minimum absolute atomic E-state index is 0.293. The Kier molecular flexibility index (Phi) is 5.69. The molecule has 0 aliphatic carbocycles. The van der Waals surface area contributed by atoms with Gasteiger partial charge in [0.05, 0.1) is 11.9 Å². The first-order chi connectivity index (χ1) is 9.31. The summed E-state index contributed by atoms with van der Waals surface area (Å²) in [6, 6.07) is 4.13. The Balaban J connectivity index is 1.77.